The molecule has 290 valence electrons. The number of carbonyl (C=O) groups is 3. The number of aliphatic hydroxyl groups is 3. The number of aliphatic hydroxyl groups excluding tert-OH is 2. The zero-order chi connectivity index (χ0) is 37.0. The molecular formula is C38H60O13. The van der Waals surface area contributed by atoms with Crippen molar-refractivity contribution in [3.8, 4) is 0 Å². The molecule has 9 atom stereocenters. The van der Waals surface area contributed by atoms with Crippen molar-refractivity contribution in [2.24, 2.45) is 5.41 Å². The number of esters is 3. The number of unbranched alkanes of at least 4 members (excludes halogenated alkanes) is 4. The van der Waals surface area contributed by atoms with Crippen LogP contribution in [0.4, 0.5) is 0 Å². The summed E-state index contributed by atoms with van der Waals surface area (Å²) in [6.45, 7) is 5.42. The first-order chi connectivity index (χ1) is 24.3. The van der Waals surface area contributed by atoms with E-state index in [4.69, 9.17) is 33.2 Å². The quantitative estimate of drug-likeness (QED) is 0.101. The lowest BCUT2D eigenvalue weighted by atomic mass is 9.74. The van der Waals surface area contributed by atoms with E-state index in [0.29, 0.717) is 25.9 Å². The number of hydrogen-bond acceptors (Lipinski definition) is 13. The zero-order valence-corrected chi connectivity index (χ0v) is 30.8. The van der Waals surface area contributed by atoms with Gasteiger partial charge in [0.15, 0.2) is 12.4 Å². The Kier molecular flexibility index (Phi) is 15.9. The number of hydrogen-bond donors (Lipinski definition) is 3. The van der Waals surface area contributed by atoms with Crippen LogP contribution in [0.15, 0.2) is 23.8 Å². The molecule has 3 N–H and O–H groups in total. The van der Waals surface area contributed by atoms with Crippen LogP contribution in [-0.4, -0.2) is 108 Å². The summed E-state index contributed by atoms with van der Waals surface area (Å²) in [7, 11) is 1.22. The van der Waals surface area contributed by atoms with Crippen molar-refractivity contribution >= 4 is 17.9 Å². The molecule has 0 spiro atoms. The highest BCUT2D eigenvalue weighted by Gasteiger charge is 2.57. The second-order valence-electron chi connectivity index (χ2n) is 15.0. The standard InChI is InChI=1S/C38H60O13/c1-5-6-7-8-9-13-32(41)50-36-25(19-33(42)45-4)18-30-23-31(24-39)48-34(43)21-26(40)20-27-11-10-12-28(47-27)22-29-15-17-46-35(49-29)14-16-37(2,3)38(36,44)51-30/h14,16,19,26-31,35-36,39-40,44H,5-13,15,17-18,20-24H2,1-4H3/b16-14-,25-19+/t26?,27?,28?,29?,30-,31?,35?,36-,38+/m0/s1. The van der Waals surface area contributed by atoms with Crippen molar-refractivity contribution in [3.63, 3.8) is 0 Å². The molecule has 6 unspecified atom stereocenters. The molecule has 0 radical (unpaired) electrons. The summed E-state index contributed by atoms with van der Waals surface area (Å²) in [6.07, 6.45) is 7.50. The van der Waals surface area contributed by atoms with Gasteiger partial charge in [0.25, 0.3) is 0 Å². The summed E-state index contributed by atoms with van der Waals surface area (Å²) in [5, 5.41) is 33.6. The second kappa shape index (κ2) is 19.6. The molecule has 0 aromatic carbocycles. The molecule has 3 fully saturated rings. The van der Waals surface area contributed by atoms with Gasteiger partial charge in [-0.3, -0.25) is 9.59 Å². The molecule has 0 saturated carbocycles. The highest BCUT2D eigenvalue weighted by Crippen LogP contribution is 2.47. The summed E-state index contributed by atoms with van der Waals surface area (Å²) < 4.78 is 41.4. The molecule has 13 nitrogen and oxygen atoms in total. The maximum atomic E-state index is 13.3. The molecule has 13 heteroatoms. The van der Waals surface area contributed by atoms with Gasteiger partial charge in [-0.1, -0.05) is 52.5 Å². The van der Waals surface area contributed by atoms with Gasteiger partial charge in [-0.05, 0) is 56.6 Å². The lowest BCUT2D eigenvalue weighted by Crippen LogP contribution is -2.62. The van der Waals surface area contributed by atoms with Crippen LogP contribution in [-0.2, 0) is 47.5 Å². The third-order valence-electron chi connectivity index (χ3n) is 10.3. The molecule has 0 aromatic heterocycles. The number of methoxy groups -OCH3 is 1. The van der Waals surface area contributed by atoms with E-state index in [9.17, 15) is 29.7 Å². The maximum Gasteiger partial charge on any atom is 0.330 e. The van der Waals surface area contributed by atoms with Crippen molar-refractivity contribution in [1.82, 2.24) is 0 Å². The molecular weight excluding hydrogens is 664 g/mol. The van der Waals surface area contributed by atoms with Gasteiger partial charge in [-0.2, -0.15) is 0 Å². The molecule has 0 aromatic rings. The monoisotopic (exact) mass is 724 g/mol. The number of rotatable bonds is 9. The third-order valence-corrected chi connectivity index (χ3v) is 10.3. The van der Waals surface area contributed by atoms with Crippen LogP contribution in [0.5, 0.6) is 0 Å². The number of carbonyl (C=O) groups excluding carboxylic acids is 3. The van der Waals surface area contributed by atoms with E-state index >= 15 is 0 Å². The van der Waals surface area contributed by atoms with E-state index in [-0.39, 0.29) is 56.0 Å². The second-order valence-corrected chi connectivity index (χ2v) is 15.0. The Morgan fingerprint density at radius 2 is 1.71 bits per heavy atom. The Morgan fingerprint density at radius 1 is 0.980 bits per heavy atom. The van der Waals surface area contributed by atoms with E-state index in [1.165, 1.54) is 13.2 Å². The summed E-state index contributed by atoms with van der Waals surface area (Å²) in [4.78, 5) is 38.9. The topological polar surface area (TPSA) is 177 Å². The van der Waals surface area contributed by atoms with Gasteiger partial charge in [-0.25, -0.2) is 4.79 Å². The van der Waals surface area contributed by atoms with Crippen molar-refractivity contribution in [2.75, 3.05) is 20.3 Å². The van der Waals surface area contributed by atoms with Gasteiger partial charge in [-0.15, -0.1) is 0 Å². The highest BCUT2D eigenvalue weighted by atomic mass is 16.7. The minimum Gasteiger partial charge on any atom is -0.466 e. The fourth-order valence-corrected chi connectivity index (χ4v) is 7.38. The van der Waals surface area contributed by atoms with Gasteiger partial charge in [0.1, 0.15) is 6.10 Å². The molecule has 4 rings (SSSR count). The Balaban J connectivity index is 1.68. The molecule has 0 aliphatic carbocycles. The Morgan fingerprint density at radius 3 is 2.43 bits per heavy atom. The van der Waals surface area contributed by atoms with E-state index < -0.39 is 66.4 Å². The van der Waals surface area contributed by atoms with Crippen LogP contribution >= 0.6 is 0 Å². The first kappa shape index (κ1) is 41.4. The first-order valence-electron chi connectivity index (χ1n) is 18.8. The summed E-state index contributed by atoms with van der Waals surface area (Å²) in [5.41, 5.74) is -1.04. The van der Waals surface area contributed by atoms with Crippen LogP contribution < -0.4 is 0 Å². The lowest BCUT2D eigenvalue weighted by Gasteiger charge is -2.51. The smallest absolute Gasteiger partial charge is 0.330 e. The average Bonchev–Trinajstić information content (AvgIpc) is 3.08. The van der Waals surface area contributed by atoms with E-state index in [1.807, 2.05) is 0 Å². The Labute approximate surface area is 302 Å². The summed E-state index contributed by atoms with van der Waals surface area (Å²) in [5.74, 6) is -4.21. The fraction of sp³-hybridized carbons (Fsp3) is 0.816. The molecule has 4 aliphatic heterocycles. The Bertz CT molecular complexity index is 1200. The normalized spacial score (nSPS) is 36.4. The van der Waals surface area contributed by atoms with E-state index in [1.54, 1.807) is 26.0 Å². The van der Waals surface area contributed by atoms with Gasteiger partial charge < -0.3 is 48.5 Å². The molecule has 4 aliphatic rings. The van der Waals surface area contributed by atoms with E-state index in [2.05, 4.69) is 6.92 Å². The van der Waals surface area contributed by atoms with Crippen LogP contribution in [0.2, 0.25) is 0 Å². The zero-order valence-electron chi connectivity index (χ0n) is 30.8. The molecule has 51 heavy (non-hydrogen) atoms. The SMILES string of the molecule is CCCCCCCC(=O)O[C@H]1/C(=C/C(=O)OC)C[C@H]2CC(CO)OC(=O)CC(O)CC3CCCC(CC4CCOC(/C=C\C(C)(C)[C@]1(O)O2)O4)O3. The van der Waals surface area contributed by atoms with Crippen molar-refractivity contribution in [3.05, 3.63) is 23.8 Å². The minimum absolute atomic E-state index is 0.000953. The van der Waals surface area contributed by atoms with Crippen molar-refractivity contribution in [1.29, 1.82) is 0 Å². The van der Waals surface area contributed by atoms with Gasteiger partial charge in [0.05, 0.1) is 57.3 Å². The maximum absolute atomic E-state index is 13.3. The number of ether oxygens (including phenoxy) is 7. The van der Waals surface area contributed by atoms with Crippen LogP contribution in [0.1, 0.15) is 117 Å². The lowest BCUT2D eigenvalue weighted by molar-refractivity contribution is -0.327. The summed E-state index contributed by atoms with van der Waals surface area (Å²) >= 11 is 0. The van der Waals surface area contributed by atoms with Gasteiger partial charge >= 0.3 is 17.9 Å². The third kappa shape index (κ3) is 12.1. The van der Waals surface area contributed by atoms with Gasteiger partial charge in [0.2, 0.25) is 5.79 Å². The fourth-order valence-electron chi connectivity index (χ4n) is 7.38. The molecule has 6 bridgehead atoms. The molecule has 3 saturated heterocycles. The van der Waals surface area contributed by atoms with Crippen LogP contribution in [0.25, 0.3) is 0 Å². The summed E-state index contributed by atoms with van der Waals surface area (Å²) in [6, 6.07) is 0. The largest absolute Gasteiger partial charge is 0.466 e. The molecule has 0 amide bonds. The van der Waals surface area contributed by atoms with E-state index in [0.717, 1.165) is 44.9 Å². The van der Waals surface area contributed by atoms with Crippen molar-refractivity contribution < 1.29 is 62.9 Å². The van der Waals surface area contributed by atoms with Crippen molar-refractivity contribution in [2.45, 2.75) is 172 Å². The average molecular weight is 725 g/mol. The highest BCUT2D eigenvalue weighted by molar-refractivity contribution is 5.83. The Hall–Kier alpha value is -2.39. The number of cyclic esters (lactones) is 1. The van der Waals surface area contributed by atoms with Gasteiger partial charge in [0, 0.05) is 30.8 Å². The molecule has 4 heterocycles. The first-order valence-corrected chi connectivity index (χ1v) is 18.8. The van der Waals surface area contributed by atoms with Crippen LogP contribution in [0, 0.1) is 5.41 Å². The minimum atomic E-state index is -2.25. The predicted octanol–water partition coefficient (Wildman–Crippen LogP) is 4.33. The number of fused-ring (bicyclic) bond motifs is 6. The van der Waals surface area contributed by atoms with Crippen LogP contribution in [0.3, 0.4) is 0 Å². The predicted molar refractivity (Wildman–Crippen MR) is 184 cm³/mol.